The van der Waals surface area contributed by atoms with Gasteiger partial charge in [0.15, 0.2) is 0 Å². The average molecular weight is 234 g/mol. The first-order valence-electron chi connectivity index (χ1n) is 1.15. The number of rotatable bonds is 0. The Morgan fingerprint density at radius 3 is 1.00 bits per heavy atom. The molecule has 0 atom stereocenters. The number of hydrogen-bond acceptors (Lipinski definition) is 0. The average Bonchev–Trinajstić information content (AvgIpc) is 0.918. The van der Waals surface area contributed by atoms with Crippen molar-refractivity contribution in [3.63, 3.8) is 0 Å². The SMILES string of the molecule is C[CH-]C.[Br-].[Br-].[Li+].[Mg+2]. The predicted octanol–water partition coefficient (Wildman–Crippen LogP) is -8.14. The Bertz CT molecular complexity index is 12.9. The molecule has 0 heterocycles. The summed E-state index contributed by atoms with van der Waals surface area (Å²) in [5, 5.41) is 0. The molecule has 0 radical (unpaired) electrons. The van der Waals surface area contributed by atoms with Crippen molar-refractivity contribution in [1.82, 2.24) is 0 Å². The minimum atomic E-state index is 0. The van der Waals surface area contributed by atoms with Gasteiger partial charge in [-0.3, -0.25) is 0 Å². The van der Waals surface area contributed by atoms with E-state index in [1.165, 1.54) is 0 Å². The summed E-state index contributed by atoms with van der Waals surface area (Å²) in [5.41, 5.74) is 0. The van der Waals surface area contributed by atoms with Gasteiger partial charge in [-0.1, -0.05) is 0 Å². The van der Waals surface area contributed by atoms with Crippen molar-refractivity contribution in [2.45, 2.75) is 13.8 Å². The van der Waals surface area contributed by atoms with Crippen molar-refractivity contribution in [2.24, 2.45) is 0 Å². The van der Waals surface area contributed by atoms with E-state index in [2.05, 4.69) is 0 Å². The largest absolute Gasteiger partial charge is 2.00 e. The van der Waals surface area contributed by atoms with E-state index >= 15 is 0 Å². The summed E-state index contributed by atoms with van der Waals surface area (Å²) in [7, 11) is 0. The van der Waals surface area contributed by atoms with Crippen LogP contribution in [-0.2, 0) is 0 Å². The smallest absolute Gasteiger partial charge is 1.00 e. The Kier molecular flexibility index (Phi) is 200. The molecule has 0 rings (SSSR count). The molecule has 0 aliphatic carbocycles. The van der Waals surface area contributed by atoms with Crippen molar-refractivity contribution in [3.05, 3.63) is 6.42 Å². The van der Waals surface area contributed by atoms with Crippen LogP contribution in [0.2, 0.25) is 0 Å². The summed E-state index contributed by atoms with van der Waals surface area (Å²) in [6.07, 6.45) is 2.00. The first-order chi connectivity index (χ1) is 1.41. The molecule has 0 spiro atoms. The summed E-state index contributed by atoms with van der Waals surface area (Å²) in [4.78, 5) is 0. The Morgan fingerprint density at radius 2 is 1.00 bits per heavy atom. The Labute approximate surface area is 95.1 Å². The molecule has 0 nitrogen and oxygen atoms in total. The zero-order valence-electron chi connectivity index (χ0n) is 5.04. The molecule has 0 amide bonds. The maximum atomic E-state index is 2.00. The maximum Gasteiger partial charge on any atom is 2.00 e. The van der Waals surface area contributed by atoms with E-state index in [0.29, 0.717) is 0 Å². The molecule has 7 heavy (non-hydrogen) atoms. The fourth-order valence-electron chi connectivity index (χ4n) is 0. The van der Waals surface area contributed by atoms with E-state index in [1.54, 1.807) is 0 Å². The van der Waals surface area contributed by atoms with Gasteiger partial charge in [-0.2, -0.15) is 13.8 Å². The summed E-state index contributed by atoms with van der Waals surface area (Å²) < 4.78 is 0. The van der Waals surface area contributed by atoms with Crippen molar-refractivity contribution >= 4 is 23.1 Å². The summed E-state index contributed by atoms with van der Waals surface area (Å²) in [6, 6.07) is 0. The van der Waals surface area contributed by atoms with Crippen LogP contribution in [0.3, 0.4) is 0 Å². The van der Waals surface area contributed by atoms with Crippen LogP contribution < -0.4 is 52.8 Å². The molecule has 0 N–H and O–H groups in total. The van der Waals surface area contributed by atoms with E-state index in [1.807, 2.05) is 20.3 Å². The quantitative estimate of drug-likeness (QED) is 0.288. The third-order valence-corrected chi connectivity index (χ3v) is 0. The molecule has 0 saturated heterocycles. The van der Waals surface area contributed by atoms with Crippen LogP contribution in [0.1, 0.15) is 13.8 Å². The minimum absolute atomic E-state index is 0. The molecule has 0 unspecified atom stereocenters. The first-order valence-corrected chi connectivity index (χ1v) is 1.15. The van der Waals surface area contributed by atoms with Gasteiger partial charge in [0.2, 0.25) is 0 Å². The van der Waals surface area contributed by atoms with Crippen LogP contribution in [-0.4, -0.2) is 23.1 Å². The van der Waals surface area contributed by atoms with Crippen LogP contribution in [0.4, 0.5) is 0 Å². The van der Waals surface area contributed by atoms with Crippen LogP contribution in [0, 0.1) is 6.42 Å². The zero-order chi connectivity index (χ0) is 2.71. The molecule has 0 bridgehead atoms. The maximum absolute atomic E-state index is 2.00. The van der Waals surface area contributed by atoms with Crippen LogP contribution >= 0.6 is 0 Å². The number of halogens is 2. The molecular weight excluding hydrogens is 227 g/mol. The van der Waals surface area contributed by atoms with Gasteiger partial charge in [0, 0.05) is 0 Å². The predicted molar refractivity (Wildman–Crippen MR) is 21.4 cm³/mol. The van der Waals surface area contributed by atoms with Crippen molar-refractivity contribution in [3.8, 4) is 0 Å². The molecule has 4 heteroatoms. The van der Waals surface area contributed by atoms with E-state index in [-0.39, 0.29) is 75.9 Å². The third kappa shape index (κ3) is 61.6. The van der Waals surface area contributed by atoms with Gasteiger partial charge >= 0.3 is 41.9 Å². The molecule has 0 fully saturated rings. The summed E-state index contributed by atoms with van der Waals surface area (Å²) in [6.45, 7) is 4.00. The molecule has 0 aliphatic rings. The second-order valence-corrected chi connectivity index (χ2v) is 0.577. The van der Waals surface area contributed by atoms with Crippen LogP contribution in [0.5, 0.6) is 0 Å². The van der Waals surface area contributed by atoms with Crippen molar-refractivity contribution < 1.29 is 52.8 Å². The Balaban J connectivity index is -0.00000000333. The summed E-state index contributed by atoms with van der Waals surface area (Å²) >= 11 is 0. The molecule has 0 saturated carbocycles. The zero-order valence-corrected chi connectivity index (χ0v) is 9.63. The molecular formula is C3H7Br2LiMg. The normalized spacial score (nSPS) is 2.57. The third-order valence-electron chi connectivity index (χ3n) is 0. The minimum Gasteiger partial charge on any atom is -1.00 e. The van der Waals surface area contributed by atoms with Gasteiger partial charge in [-0.25, -0.2) is 0 Å². The van der Waals surface area contributed by atoms with E-state index in [9.17, 15) is 0 Å². The Morgan fingerprint density at radius 1 is 1.00 bits per heavy atom. The molecule has 0 aromatic heterocycles. The van der Waals surface area contributed by atoms with E-state index < -0.39 is 0 Å². The van der Waals surface area contributed by atoms with Crippen molar-refractivity contribution in [1.29, 1.82) is 0 Å². The summed E-state index contributed by atoms with van der Waals surface area (Å²) in [5.74, 6) is 0. The van der Waals surface area contributed by atoms with Gasteiger partial charge in [0.25, 0.3) is 0 Å². The van der Waals surface area contributed by atoms with Gasteiger partial charge in [0.1, 0.15) is 0 Å². The monoisotopic (exact) mass is 232 g/mol. The fourth-order valence-corrected chi connectivity index (χ4v) is 0. The van der Waals surface area contributed by atoms with Gasteiger partial charge in [-0.05, 0) is 0 Å². The van der Waals surface area contributed by atoms with Gasteiger partial charge < -0.3 is 40.4 Å². The molecule has 0 aliphatic heterocycles. The molecule has 0 aromatic carbocycles. The van der Waals surface area contributed by atoms with Crippen molar-refractivity contribution in [2.75, 3.05) is 0 Å². The van der Waals surface area contributed by atoms with Crippen LogP contribution in [0.25, 0.3) is 0 Å². The Hall–Kier alpha value is 2.32. The van der Waals surface area contributed by atoms with E-state index in [0.717, 1.165) is 0 Å². The van der Waals surface area contributed by atoms with E-state index in [4.69, 9.17) is 0 Å². The standard InChI is InChI=1S/C3H7.2BrH.Li.Mg/c1-3-2;;;;/h3H,1-2H3;2*1H;;/q-1;;;+1;+2/p-2. The number of hydrogen-bond donors (Lipinski definition) is 0. The van der Waals surface area contributed by atoms with Gasteiger partial charge in [-0.15, -0.1) is 0 Å². The van der Waals surface area contributed by atoms with Gasteiger partial charge in [0.05, 0.1) is 0 Å². The fraction of sp³-hybridized carbons (Fsp3) is 0.667. The topological polar surface area (TPSA) is 0 Å². The molecule has 0 aromatic rings. The first kappa shape index (κ1) is 34.6. The molecule has 36 valence electrons. The van der Waals surface area contributed by atoms with Crippen LogP contribution in [0.15, 0.2) is 0 Å². The second kappa shape index (κ2) is 40.4. The second-order valence-electron chi connectivity index (χ2n) is 0.577.